The number of thiazole rings is 1. The zero-order chi connectivity index (χ0) is 20.1. The number of likely N-dealkylation sites (tertiary alicyclic amines) is 1. The number of carbonyl (C=O) groups is 1. The second-order valence-electron chi connectivity index (χ2n) is 8.04. The molecule has 1 amide bonds. The van der Waals surface area contributed by atoms with Crippen LogP contribution in [-0.2, 0) is 11.2 Å². The number of amides is 1. The van der Waals surface area contributed by atoms with Crippen molar-refractivity contribution in [3.05, 3.63) is 47.1 Å². The van der Waals surface area contributed by atoms with Crippen LogP contribution in [0.5, 0.6) is 0 Å². The van der Waals surface area contributed by atoms with Crippen LogP contribution in [0.15, 0.2) is 35.8 Å². The summed E-state index contributed by atoms with van der Waals surface area (Å²) in [6, 6.07) is 8.65. The third-order valence-electron chi connectivity index (χ3n) is 5.89. The Morgan fingerprint density at radius 2 is 2.07 bits per heavy atom. The van der Waals surface area contributed by atoms with Gasteiger partial charge >= 0.3 is 0 Å². The number of H-pyrrole nitrogens is 1. The molecule has 1 aliphatic rings. The number of carbonyl (C=O) groups excluding carboxylic acids is 1. The first kappa shape index (κ1) is 20.1. The number of hydrogen-bond donors (Lipinski definition) is 2. The van der Waals surface area contributed by atoms with Crippen molar-refractivity contribution in [3.8, 4) is 0 Å². The summed E-state index contributed by atoms with van der Waals surface area (Å²) in [7, 11) is 0. The number of benzene rings is 1. The minimum absolute atomic E-state index is 0.0561. The fourth-order valence-corrected chi connectivity index (χ4v) is 5.14. The molecule has 1 saturated heterocycles. The molecule has 1 aromatic carbocycles. The first-order valence-electron chi connectivity index (χ1n) is 10.7. The van der Waals surface area contributed by atoms with Gasteiger partial charge in [-0.05, 0) is 69.3 Å². The molecular formula is C23H30N4OS. The van der Waals surface area contributed by atoms with Crippen molar-refractivity contribution < 1.29 is 4.79 Å². The number of unbranched alkanes of at least 4 members (excludes halogenated alkanes) is 2. The van der Waals surface area contributed by atoms with Gasteiger partial charge in [-0.1, -0.05) is 24.6 Å². The Kier molecular flexibility index (Phi) is 6.62. The van der Waals surface area contributed by atoms with Crippen LogP contribution in [0.1, 0.15) is 56.2 Å². The first-order valence-corrected chi connectivity index (χ1v) is 11.6. The van der Waals surface area contributed by atoms with Crippen molar-refractivity contribution in [2.45, 2.75) is 51.4 Å². The van der Waals surface area contributed by atoms with Gasteiger partial charge in [0.15, 0.2) is 5.13 Å². The molecule has 5 nitrogen and oxygen atoms in total. The monoisotopic (exact) mass is 410 g/mol. The van der Waals surface area contributed by atoms with Crippen LogP contribution in [0.4, 0.5) is 5.13 Å². The maximum Gasteiger partial charge on any atom is 0.223 e. The van der Waals surface area contributed by atoms with E-state index < -0.39 is 0 Å². The van der Waals surface area contributed by atoms with Gasteiger partial charge in [-0.15, -0.1) is 11.3 Å². The van der Waals surface area contributed by atoms with Gasteiger partial charge in [-0.3, -0.25) is 4.79 Å². The third kappa shape index (κ3) is 5.25. The van der Waals surface area contributed by atoms with Gasteiger partial charge in [-0.25, -0.2) is 4.98 Å². The number of aromatic nitrogens is 2. The Hall–Kier alpha value is -2.18. The zero-order valence-electron chi connectivity index (χ0n) is 17.1. The van der Waals surface area contributed by atoms with Gasteiger partial charge in [0.25, 0.3) is 0 Å². The zero-order valence-corrected chi connectivity index (χ0v) is 17.9. The Morgan fingerprint density at radius 1 is 1.24 bits per heavy atom. The highest BCUT2D eigenvalue weighted by Crippen LogP contribution is 2.33. The highest BCUT2D eigenvalue weighted by Gasteiger charge is 2.22. The highest BCUT2D eigenvalue weighted by atomic mass is 32.1. The van der Waals surface area contributed by atoms with Gasteiger partial charge in [0.2, 0.25) is 5.91 Å². The summed E-state index contributed by atoms with van der Waals surface area (Å²) in [5, 5.41) is 6.92. The largest absolute Gasteiger partial charge is 0.361 e. The minimum Gasteiger partial charge on any atom is -0.361 e. The topological polar surface area (TPSA) is 61.0 Å². The van der Waals surface area contributed by atoms with E-state index in [1.165, 1.54) is 80.0 Å². The molecule has 4 rings (SSSR count). The fourth-order valence-electron chi connectivity index (χ4n) is 4.35. The molecule has 3 aromatic rings. The molecule has 0 saturated carbocycles. The van der Waals surface area contributed by atoms with Gasteiger partial charge < -0.3 is 15.2 Å². The first-order chi connectivity index (χ1) is 14.2. The minimum atomic E-state index is -0.0561. The number of para-hydroxylation sites is 1. The standard InChI is InChI=1S/C23H30N4OS/c1-17(28)25-23-26-19(16-29-23)7-3-2-6-12-27-13-10-18(11-14-27)21-15-24-22-9-5-4-8-20(21)22/h4-5,8-9,15-16,18,24H,2-3,6-7,10-14H2,1H3,(H,25,26,28). The summed E-state index contributed by atoms with van der Waals surface area (Å²) in [6.07, 6.45) is 9.38. The molecular weight excluding hydrogens is 380 g/mol. The highest BCUT2D eigenvalue weighted by molar-refractivity contribution is 7.13. The number of nitrogens with one attached hydrogen (secondary N) is 2. The molecule has 0 unspecified atom stereocenters. The van der Waals surface area contributed by atoms with E-state index in [0.29, 0.717) is 11.0 Å². The molecule has 0 aliphatic carbocycles. The van der Waals surface area contributed by atoms with Crippen molar-refractivity contribution in [3.63, 3.8) is 0 Å². The molecule has 2 N–H and O–H groups in total. The fraction of sp³-hybridized carbons (Fsp3) is 0.478. The van der Waals surface area contributed by atoms with Crippen LogP contribution in [0.3, 0.4) is 0 Å². The lowest BCUT2D eigenvalue weighted by Gasteiger charge is -2.32. The predicted molar refractivity (Wildman–Crippen MR) is 121 cm³/mol. The van der Waals surface area contributed by atoms with Crippen LogP contribution in [0.25, 0.3) is 10.9 Å². The second-order valence-corrected chi connectivity index (χ2v) is 8.90. The number of aromatic amines is 1. The maximum atomic E-state index is 11.1. The van der Waals surface area contributed by atoms with Gasteiger partial charge in [-0.2, -0.15) is 0 Å². The molecule has 154 valence electrons. The molecule has 1 aliphatic heterocycles. The van der Waals surface area contributed by atoms with E-state index in [9.17, 15) is 4.79 Å². The van der Waals surface area contributed by atoms with Gasteiger partial charge in [0, 0.05) is 29.4 Å². The summed E-state index contributed by atoms with van der Waals surface area (Å²) < 4.78 is 0. The molecule has 0 spiro atoms. The molecule has 1 fully saturated rings. The van der Waals surface area contributed by atoms with Crippen molar-refractivity contribution in [2.24, 2.45) is 0 Å². The molecule has 2 aromatic heterocycles. The van der Waals surface area contributed by atoms with Gasteiger partial charge in [0.05, 0.1) is 5.69 Å². The number of piperidine rings is 1. The van der Waals surface area contributed by atoms with E-state index in [-0.39, 0.29) is 5.91 Å². The normalized spacial score (nSPS) is 15.8. The lowest BCUT2D eigenvalue weighted by molar-refractivity contribution is -0.114. The summed E-state index contributed by atoms with van der Waals surface area (Å²) >= 11 is 1.51. The van der Waals surface area contributed by atoms with E-state index in [4.69, 9.17) is 0 Å². The van der Waals surface area contributed by atoms with E-state index in [1.807, 2.05) is 0 Å². The summed E-state index contributed by atoms with van der Waals surface area (Å²) in [6.45, 7) is 5.13. The summed E-state index contributed by atoms with van der Waals surface area (Å²) in [4.78, 5) is 21.6. The Morgan fingerprint density at radius 3 is 2.90 bits per heavy atom. The van der Waals surface area contributed by atoms with Crippen molar-refractivity contribution >= 4 is 33.3 Å². The molecule has 29 heavy (non-hydrogen) atoms. The maximum absolute atomic E-state index is 11.1. The van der Waals surface area contributed by atoms with E-state index in [0.717, 1.165) is 18.5 Å². The third-order valence-corrected chi connectivity index (χ3v) is 6.70. The summed E-state index contributed by atoms with van der Waals surface area (Å²) in [5.74, 6) is 0.629. The number of hydrogen-bond acceptors (Lipinski definition) is 4. The van der Waals surface area contributed by atoms with Crippen molar-refractivity contribution in [1.82, 2.24) is 14.9 Å². The number of nitrogens with zero attached hydrogens (tertiary/aromatic N) is 2. The van der Waals surface area contributed by atoms with Crippen LogP contribution in [0, 0.1) is 0 Å². The van der Waals surface area contributed by atoms with Crippen LogP contribution < -0.4 is 5.32 Å². The SMILES string of the molecule is CC(=O)Nc1nc(CCCCCN2CCC(c3c[nH]c4ccccc34)CC2)cs1. The Balaban J connectivity index is 1.14. The lowest BCUT2D eigenvalue weighted by Crippen LogP contribution is -2.33. The molecule has 0 atom stereocenters. The number of aryl methyl sites for hydroxylation is 1. The lowest BCUT2D eigenvalue weighted by atomic mass is 9.89. The molecule has 3 heterocycles. The van der Waals surface area contributed by atoms with E-state index >= 15 is 0 Å². The molecule has 6 heteroatoms. The van der Waals surface area contributed by atoms with Crippen LogP contribution >= 0.6 is 11.3 Å². The molecule has 0 radical (unpaired) electrons. The predicted octanol–water partition coefficient (Wildman–Crippen LogP) is 5.18. The van der Waals surface area contributed by atoms with Crippen molar-refractivity contribution in [2.75, 3.05) is 25.0 Å². The van der Waals surface area contributed by atoms with Crippen molar-refractivity contribution in [1.29, 1.82) is 0 Å². The number of rotatable bonds is 8. The Labute approximate surface area is 176 Å². The van der Waals surface area contributed by atoms with E-state index in [1.54, 1.807) is 0 Å². The smallest absolute Gasteiger partial charge is 0.223 e. The van der Waals surface area contributed by atoms with Crippen LogP contribution in [-0.4, -0.2) is 40.4 Å². The average Bonchev–Trinajstić information content (AvgIpc) is 3.35. The number of anilines is 1. The summed E-state index contributed by atoms with van der Waals surface area (Å²) in [5.41, 5.74) is 3.86. The average molecular weight is 411 g/mol. The van der Waals surface area contributed by atoms with E-state index in [2.05, 4.69) is 56.0 Å². The quantitative estimate of drug-likeness (QED) is 0.503. The van der Waals surface area contributed by atoms with Crippen LogP contribution in [0.2, 0.25) is 0 Å². The number of fused-ring (bicyclic) bond motifs is 1. The molecule has 0 bridgehead atoms. The second kappa shape index (κ2) is 9.55. The van der Waals surface area contributed by atoms with Gasteiger partial charge in [0.1, 0.15) is 0 Å². The Bertz CT molecular complexity index is 939.